The molecule has 1 aromatic rings. The second-order valence-corrected chi connectivity index (χ2v) is 7.25. The van der Waals surface area contributed by atoms with Crippen LogP contribution in [0.1, 0.15) is 20.3 Å². The van der Waals surface area contributed by atoms with E-state index in [0.717, 1.165) is 12.1 Å². The van der Waals surface area contributed by atoms with Gasteiger partial charge in [0.15, 0.2) is 9.84 Å². The predicted molar refractivity (Wildman–Crippen MR) is 77.1 cm³/mol. The van der Waals surface area contributed by atoms with Crippen LogP contribution < -0.4 is 5.32 Å². The van der Waals surface area contributed by atoms with Crippen molar-refractivity contribution < 1.29 is 8.42 Å². The monoisotopic (exact) mass is 289 g/mol. The van der Waals surface area contributed by atoms with Crippen molar-refractivity contribution >= 4 is 27.1 Å². The molecule has 0 saturated carbocycles. The standard InChI is InChI=1S/C13H20ClNO2S/c1-10(2)8-12(9-14)15-11-4-6-13(7-5-11)18(3,16)17/h4-7,10,12,15H,8-9H2,1-3H3. The lowest BCUT2D eigenvalue weighted by Crippen LogP contribution is -2.23. The van der Waals surface area contributed by atoms with Crippen LogP contribution in [0.3, 0.4) is 0 Å². The largest absolute Gasteiger partial charge is 0.381 e. The molecule has 0 radical (unpaired) electrons. The van der Waals surface area contributed by atoms with Crippen molar-refractivity contribution in [3.63, 3.8) is 0 Å². The molecule has 0 aliphatic carbocycles. The summed E-state index contributed by atoms with van der Waals surface area (Å²) in [5.41, 5.74) is 0.897. The van der Waals surface area contributed by atoms with Gasteiger partial charge in [-0.15, -0.1) is 11.6 Å². The molecule has 0 fully saturated rings. The maximum atomic E-state index is 11.3. The Bertz CT molecular complexity index is 468. The molecule has 1 aromatic carbocycles. The second kappa shape index (κ2) is 6.43. The lowest BCUT2D eigenvalue weighted by atomic mass is 10.0. The van der Waals surface area contributed by atoms with Gasteiger partial charge in [-0.25, -0.2) is 8.42 Å². The van der Waals surface area contributed by atoms with Crippen molar-refractivity contribution in [3.05, 3.63) is 24.3 Å². The highest BCUT2D eigenvalue weighted by Gasteiger charge is 2.10. The van der Waals surface area contributed by atoms with Crippen LogP contribution in [-0.4, -0.2) is 26.6 Å². The van der Waals surface area contributed by atoms with Crippen molar-refractivity contribution in [3.8, 4) is 0 Å². The van der Waals surface area contributed by atoms with E-state index in [2.05, 4.69) is 19.2 Å². The Labute approximate surface area is 114 Å². The minimum Gasteiger partial charge on any atom is -0.381 e. The van der Waals surface area contributed by atoms with Crippen molar-refractivity contribution in [2.24, 2.45) is 5.92 Å². The maximum Gasteiger partial charge on any atom is 0.175 e. The van der Waals surface area contributed by atoms with Gasteiger partial charge in [0.25, 0.3) is 0 Å². The molecule has 0 aliphatic heterocycles. The predicted octanol–water partition coefficient (Wildman–Crippen LogP) is 3.16. The van der Waals surface area contributed by atoms with E-state index in [1.807, 2.05) is 0 Å². The van der Waals surface area contributed by atoms with Gasteiger partial charge >= 0.3 is 0 Å². The summed E-state index contributed by atoms with van der Waals surface area (Å²) in [4.78, 5) is 0.333. The van der Waals surface area contributed by atoms with Gasteiger partial charge < -0.3 is 5.32 Å². The Balaban J connectivity index is 2.74. The Morgan fingerprint density at radius 2 is 1.78 bits per heavy atom. The van der Waals surface area contributed by atoms with E-state index in [9.17, 15) is 8.42 Å². The summed E-state index contributed by atoms with van der Waals surface area (Å²) in [5.74, 6) is 1.10. The third-order valence-corrected chi connectivity index (χ3v) is 4.10. The molecule has 0 saturated heterocycles. The Morgan fingerprint density at radius 3 is 2.17 bits per heavy atom. The number of anilines is 1. The lowest BCUT2D eigenvalue weighted by molar-refractivity contribution is 0.542. The SMILES string of the molecule is CC(C)CC(CCl)Nc1ccc(S(C)(=O)=O)cc1. The first-order valence-corrected chi connectivity index (χ1v) is 8.38. The molecule has 5 heteroatoms. The van der Waals surface area contributed by atoms with E-state index in [4.69, 9.17) is 11.6 Å². The fourth-order valence-corrected chi connectivity index (χ4v) is 2.60. The summed E-state index contributed by atoms with van der Waals surface area (Å²) in [5, 5.41) is 3.31. The summed E-state index contributed by atoms with van der Waals surface area (Å²) in [6.45, 7) is 4.29. The van der Waals surface area contributed by atoms with Crippen LogP contribution in [0.25, 0.3) is 0 Å². The first-order valence-electron chi connectivity index (χ1n) is 5.95. The summed E-state index contributed by atoms with van der Waals surface area (Å²) < 4.78 is 22.7. The van der Waals surface area contributed by atoms with Crippen LogP contribution in [0.15, 0.2) is 29.2 Å². The van der Waals surface area contributed by atoms with Gasteiger partial charge in [0.1, 0.15) is 0 Å². The fraction of sp³-hybridized carbons (Fsp3) is 0.538. The average molecular weight is 290 g/mol. The number of alkyl halides is 1. The third kappa shape index (κ3) is 4.86. The molecule has 102 valence electrons. The molecule has 18 heavy (non-hydrogen) atoms. The van der Waals surface area contributed by atoms with Gasteiger partial charge in [-0.2, -0.15) is 0 Å². The fourth-order valence-electron chi connectivity index (χ4n) is 1.76. The van der Waals surface area contributed by atoms with E-state index < -0.39 is 9.84 Å². The second-order valence-electron chi connectivity index (χ2n) is 4.92. The van der Waals surface area contributed by atoms with E-state index in [0.29, 0.717) is 16.7 Å². The van der Waals surface area contributed by atoms with Crippen molar-refractivity contribution in [2.45, 2.75) is 31.2 Å². The summed E-state index contributed by atoms with van der Waals surface area (Å²) in [7, 11) is -3.13. The Kier molecular flexibility index (Phi) is 5.47. The van der Waals surface area contributed by atoms with Crippen LogP contribution >= 0.6 is 11.6 Å². The van der Waals surface area contributed by atoms with E-state index in [-0.39, 0.29) is 6.04 Å². The number of hydrogen-bond acceptors (Lipinski definition) is 3. The zero-order valence-corrected chi connectivity index (χ0v) is 12.6. The van der Waals surface area contributed by atoms with Crippen LogP contribution in [0, 0.1) is 5.92 Å². The molecule has 3 nitrogen and oxygen atoms in total. The van der Waals surface area contributed by atoms with Gasteiger partial charge in [-0.05, 0) is 36.6 Å². The highest BCUT2D eigenvalue weighted by atomic mass is 35.5. The number of hydrogen-bond donors (Lipinski definition) is 1. The zero-order chi connectivity index (χ0) is 13.8. The highest BCUT2D eigenvalue weighted by Crippen LogP contribution is 2.17. The molecule has 1 rings (SSSR count). The van der Waals surface area contributed by atoms with Gasteiger partial charge in [0.05, 0.1) is 4.90 Å². The summed E-state index contributed by atoms with van der Waals surface area (Å²) in [6, 6.07) is 6.97. The third-order valence-electron chi connectivity index (χ3n) is 2.60. The minimum absolute atomic E-state index is 0.204. The molecule has 0 spiro atoms. The van der Waals surface area contributed by atoms with Gasteiger partial charge in [-0.1, -0.05) is 13.8 Å². The lowest BCUT2D eigenvalue weighted by Gasteiger charge is -2.19. The Morgan fingerprint density at radius 1 is 1.22 bits per heavy atom. The molecule has 0 bridgehead atoms. The van der Waals surface area contributed by atoms with Crippen LogP contribution in [0.4, 0.5) is 5.69 Å². The number of benzene rings is 1. The molecule has 0 aromatic heterocycles. The number of halogens is 1. The zero-order valence-electron chi connectivity index (χ0n) is 11.0. The molecular formula is C13H20ClNO2S. The number of nitrogens with one attached hydrogen (secondary N) is 1. The van der Waals surface area contributed by atoms with Crippen molar-refractivity contribution in [2.75, 3.05) is 17.5 Å². The first-order chi connectivity index (χ1) is 8.32. The maximum absolute atomic E-state index is 11.3. The first kappa shape index (κ1) is 15.3. The van der Waals surface area contributed by atoms with Crippen LogP contribution in [0.5, 0.6) is 0 Å². The number of rotatable bonds is 6. The van der Waals surface area contributed by atoms with E-state index >= 15 is 0 Å². The molecule has 1 atom stereocenters. The summed E-state index contributed by atoms with van der Waals surface area (Å²) >= 11 is 5.91. The molecule has 0 heterocycles. The molecule has 1 N–H and O–H groups in total. The molecular weight excluding hydrogens is 270 g/mol. The molecule has 0 amide bonds. The van der Waals surface area contributed by atoms with Crippen LogP contribution in [0.2, 0.25) is 0 Å². The topological polar surface area (TPSA) is 46.2 Å². The van der Waals surface area contributed by atoms with E-state index in [1.54, 1.807) is 24.3 Å². The Hall–Kier alpha value is -0.740. The normalized spacial score (nSPS) is 13.6. The smallest absolute Gasteiger partial charge is 0.175 e. The number of sulfone groups is 1. The van der Waals surface area contributed by atoms with Gasteiger partial charge in [0, 0.05) is 23.9 Å². The van der Waals surface area contributed by atoms with Gasteiger partial charge in [0.2, 0.25) is 0 Å². The quantitative estimate of drug-likeness (QED) is 0.818. The average Bonchev–Trinajstić information content (AvgIpc) is 2.27. The minimum atomic E-state index is -3.13. The molecule has 0 aliphatic rings. The van der Waals surface area contributed by atoms with Crippen molar-refractivity contribution in [1.29, 1.82) is 0 Å². The molecule has 1 unspecified atom stereocenters. The summed E-state index contributed by atoms with van der Waals surface area (Å²) in [6.07, 6.45) is 2.19. The highest BCUT2D eigenvalue weighted by molar-refractivity contribution is 7.90. The van der Waals surface area contributed by atoms with Crippen LogP contribution in [-0.2, 0) is 9.84 Å². The van der Waals surface area contributed by atoms with Crippen molar-refractivity contribution in [1.82, 2.24) is 0 Å². The van der Waals surface area contributed by atoms with E-state index in [1.165, 1.54) is 6.26 Å². The van der Waals surface area contributed by atoms with Gasteiger partial charge in [-0.3, -0.25) is 0 Å².